The van der Waals surface area contributed by atoms with Crippen LogP contribution in [0.3, 0.4) is 0 Å². The van der Waals surface area contributed by atoms with Crippen LogP contribution >= 0.6 is 0 Å². The van der Waals surface area contributed by atoms with Gasteiger partial charge in [-0.1, -0.05) is 12.1 Å². The first-order valence-corrected chi connectivity index (χ1v) is 6.58. The third kappa shape index (κ3) is 1.52. The molecule has 2 aliphatic rings. The summed E-state index contributed by atoms with van der Waals surface area (Å²) in [6.45, 7) is 4.59. The Bertz CT molecular complexity index is 532. The Hall–Kier alpha value is -1.55. The number of para-hydroxylation sites is 2. The van der Waals surface area contributed by atoms with Crippen molar-refractivity contribution in [3.8, 4) is 0 Å². The van der Waals surface area contributed by atoms with Gasteiger partial charge in [0.15, 0.2) is 5.58 Å². The SMILES string of the molecule is CN1CC2CN(c3nc4ccccc4o3)CC2C1. The molecule has 1 aromatic carbocycles. The van der Waals surface area contributed by atoms with Gasteiger partial charge in [-0.3, -0.25) is 0 Å². The summed E-state index contributed by atoms with van der Waals surface area (Å²) in [5.74, 6) is 1.56. The normalized spacial score (nSPS) is 28.2. The lowest BCUT2D eigenvalue weighted by Gasteiger charge is -2.16. The van der Waals surface area contributed by atoms with Crippen molar-refractivity contribution in [2.45, 2.75) is 0 Å². The van der Waals surface area contributed by atoms with Crippen LogP contribution in [-0.4, -0.2) is 43.1 Å². The smallest absolute Gasteiger partial charge is 0.298 e. The molecule has 2 aromatic rings. The fourth-order valence-electron chi connectivity index (χ4n) is 3.38. The number of anilines is 1. The van der Waals surface area contributed by atoms with Crippen LogP contribution in [0.1, 0.15) is 0 Å². The van der Waals surface area contributed by atoms with E-state index in [4.69, 9.17) is 4.42 Å². The van der Waals surface area contributed by atoms with Crippen molar-refractivity contribution in [1.29, 1.82) is 0 Å². The van der Waals surface area contributed by atoms with Crippen LogP contribution in [0.25, 0.3) is 11.1 Å². The summed E-state index contributed by atoms with van der Waals surface area (Å²) in [7, 11) is 2.21. The molecule has 4 heteroatoms. The van der Waals surface area contributed by atoms with Gasteiger partial charge in [0.2, 0.25) is 0 Å². The number of aromatic nitrogens is 1. The maximum atomic E-state index is 5.85. The van der Waals surface area contributed by atoms with Crippen LogP contribution in [0.4, 0.5) is 6.01 Å². The summed E-state index contributed by atoms with van der Waals surface area (Å²) in [4.78, 5) is 9.32. The standard InChI is InChI=1S/C14H17N3O/c1-16-6-10-8-17(9-11(10)7-16)14-15-12-4-2-3-5-13(12)18-14/h2-5,10-11H,6-9H2,1H3. The lowest BCUT2D eigenvalue weighted by Crippen LogP contribution is -2.26. The first-order chi connectivity index (χ1) is 8.79. The first-order valence-electron chi connectivity index (χ1n) is 6.58. The summed E-state index contributed by atoms with van der Waals surface area (Å²) in [5.41, 5.74) is 1.85. The molecule has 2 aliphatic heterocycles. The molecule has 0 radical (unpaired) electrons. The number of oxazole rings is 1. The van der Waals surface area contributed by atoms with E-state index in [0.29, 0.717) is 0 Å². The van der Waals surface area contributed by atoms with E-state index in [1.165, 1.54) is 13.1 Å². The molecule has 0 amide bonds. The average Bonchev–Trinajstić information content (AvgIpc) is 2.98. The van der Waals surface area contributed by atoms with Crippen LogP contribution in [0.15, 0.2) is 28.7 Å². The summed E-state index contributed by atoms with van der Waals surface area (Å²) in [5, 5.41) is 0. The van der Waals surface area contributed by atoms with Gasteiger partial charge in [-0.05, 0) is 31.0 Å². The molecule has 1 aromatic heterocycles. The zero-order valence-electron chi connectivity index (χ0n) is 10.5. The third-order valence-electron chi connectivity index (χ3n) is 4.22. The Labute approximate surface area is 106 Å². The largest absolute Gasteiger partial charge is 0.423 e. The quantitative estimate of drug-likeness (QED) is 0.765. The molecule has 94 valence electrons. The lowest BCUT2D eigenvalue weighted by atomic mass is 10.0. The summed E-state index contributed by atoms with van der Waals surface area (Å²) in [6.07, 6.45) is 0. The summed E-state index contributed by atoms with van der Waals surface area (Å²) >= 11 is 0. The Morgan fingerprint density at radius 2 is 1.83 bits per heavy atom. The lowest BCUT2D eigenvalue weighted by molar-refractivity contribution is 0.384. The van der Waals surface area contributed by atoms with Crippen LogP contribution < -0.4 is 4.90 Å². The number of fused-ring (bicyclic) bond motifs is 2. The topological polar surface area (TPSA) is 32.5 Å². The van der Waals surface area contributed by atoms with Gasteiger partial charge in [-0.15, -0.1) is 0 Å². The van der Waals surface area contributed by atoms with Crippen LogP contribution in [0, 0.1) is 11.8 Å². The second-order valence-corrected chi connectivity index (χ2v) is 5.61. The summed E-state index contributed by atoms with van der Waals surface area (Å²) in [6, 6.07) is 8.78. The second-order valence-electron chi connectivity index (χ2n) is 5.61. The molecular weight excluding hydrogens is 226 g/mol. The van der Waals surface area contributed by atoms with Crippen LogP contribution in [-0.2, 0) is 0 Å². The van der Waals surface area contributed by atoms with Crippen LogP contribution in [0.5, 0.6) is 0 Å². The van der Waals surface area contributed by atoms with E-state index in [9.17, 15) is 0 Å². The van der Waals surface area contributed by atoms with E-state index >= 15 is 0 Å². The molecule has 2 saturated heterocycles. The molecule has 0 N–H and O–H groups in total. The molecule has 18 heavy (non-hydrogen) atoms. The van der Waals surface area contributed by atoms with Gasteiger partial charge in [0.1, 0.15) is 5.52 Å². The highest BCUT2D eigenvalue weighted by Crippen LogP contribution is 2.33. The molecule has 0 aliphatic carbocycles. The Balaban J connectivity index is 1.61. The summed E-state index contributed by atoms with van der Waals surface area (Å²) < 4.78 is 5.85. The number of benzene rings is 1. The van der Waals surface area contributed by atoms with Crippen molar-refractivity contribution in [2.24, 2.45) is 11.8 Å². The predicted octanol–water partition coefficient (Wildman–Crippen LogP) is 1.83. The highest BCUT2D eigenvalue weighted by molar-refractivity contribution is 5.74. The number of hydrogen-bond acceptors (Lipinski definition) is 4. The van der Waals surface area contributed by atoms with Crippen molar-refractivity contribution in [1.82, 2.24) is 9.88 Å². The third-order valence-corrected chi connectivity index (χ3v) is 4.22. The van der Waals surface area contributed by atoms with Gasteiger partial charge in [0.25, 0.3) is 6.01 Å². The molecule has 0 spiro atoms. The number of hydrogen-bond donors (Lipinski definition) is 0. The van der Waals surface area contributed by atoms with E-state index in [1.807, 2.05) is 24.3 Å². The first kappa shape index (κ1) is 10.4. The molecule has 3 heterocycles. The molecule has 2 atom stereocenters. The molecule has 2 unspecified atom stereocenters. The van der Waals surface area contributed by atoms with Crippen molar-refractivity contribution < 1.29 is 4.42 Å². The Kier molecular flexibility index (Phi) is 2.14. The van der Waals surface area contributed by atoms with E-state index in [-0.39, 0.29) is 0 Å². The highest BCUT2D eigenvalue weighted by atomic mass is 16.4. The monoisotopic (exact) mass is 243 g/mol. The number of nitrogens with zero attached hydrogens (tertiary/aromatic N) is 3. The van der Waals surface area contributed by atoms with Crippen molar-refractivity contribution in [3.05, 3.63) is 24.3 Å². The number of likely N-dealkylation sites (tertiary alicyclic amines) is 1. The van der Waals surface area contributed by atoms with Gasteiger partial charge in [0.05, 0.1) is 0 Å². The minimum atomic E-state index is 0.782. The zero-order valence-corrected chi connectivity index (χ0v) is 10.5. The van der Waals surface area contributed by atoms with Crippen LogP contribution in [0.2, 0.25) is 0 Å². The fourth-order valence-corrected chi connectivity index (χ4v) is 3.38. The predicted molar refractivity (Wildman–Crippen MR) is 70.7 cm³/mol. The maximum Gasteiger partial charge on any atom is 0.298 e. The second kappa shape index (κ2) is 3.72. The highest BCUT2D eigenvalue weighted by Gasteiger charge is 2.40. The minimum Gasteiger partial charge on any atom is -0.423 e. The van der Waals surface area contributed by atoms with Gasteiger partial charge >= 0.3 is 0 Å². The van der Waals surface area contributed by atoms with Gasteiger partial charge in [-0.2, -0.15) is 4.98 Å². The van der Waals surface area contributed by atoms with E-state index in [0.717, 1.165) is 42.0 Å². The Morgan fingerprint density at radius 1 is 1.11 bits per heavy atom. The van der Waals surface area contributed by atoms with Crippen molar-refractivity contribution in [2.75, 3.05) is 38.1 Å². The molecule has 4 nitrogen and oxygen atoms in total. The van der Waals surface area contributed by atoms with Crippen molar-refractivity contribution in [3.63, 3.8) is 0 Å². The minimum absolute atomic E-state index is 0.782. The number of rotatable bonds is 1. The van der Waals surface area contributed by atoms with E-state index in [1.54, 1.807) is 0 Å². The Morgan fingerprint density at radius 3 is 2.56 bits per heavy atom. The van der Waals surface area contributed by atoms with Gasteiger partial charge in [0, 0.05) is 26.2 Å². The van der Waals surface area contributed by atoms with E-state index < -0.39 is 0 Å². The molecule has 0 bridgehead atoms. The van der Waals surface area contributed by atoms with Crippen molar-refractivity contribution >= 4 is 17.1 Å². The fraction of sp³-hybridized carbons (Fsp3) is 0.500. The molecular formula is C14H17N3O. The molecule has 0 saturated carbocycles. The van der Waals surface area contributed by atoms with Gasteiger partial charge in [-0.25, -0.2) is 0 Å². The molecule has 4 rings (SSSR count). The maximum absolute atomic E-state index is 5.85. The zero-order chi connectivity index (χ0) is 12.1. The van der Waals surface area contributed by atoms with Gasteiger partial charge < -0.3 is 14.2 Å². The molecule has 2 fully saturated rings. The average molecular weight is 243 g/mol. The van der Waals surface area contributed by atoms with E-state index in [2.05, 4.69) is 21.8 Å².